The summed E-state index contributed by atoms with van der Waals surface area (Å²) in [4.78, 5) is 0. The van der Waals surface area contributed by atoms with Crippen molar-refractivity contribution in [2.75, 3.05) is 20.8 Å². The number of benzene rings is 1. The zero-order chi connectivity index (χ0) is 12.1. The van der Waals surface area contributed by atoms with Gasteiger partial charge in [-0.25, -0.2) is 0 Å². The first kappa shape index (κ1) is 13.1. The Balaban J connectivity index is 3.11. The van der Waals surface area contributed by atoms with E-state index in [1.54, 1.807) is 14.2 Å². The van der Waals surface area contributed by atoms with Gasteiger partial charge in [-0.05, 0) is 19.1 Å². The molecule has 1 rings (SSSR count). The van der Waals surface area contributed by atoms with Crippen LogP contribution in [0, 0.1) is 0 Å². The topological polar surface area (TPSA) is 53.7 Å². The second kappa shape index (κ2) is 5.96. The third-order valence-electron chi connectivity index (χ3n) is 2.08. The molecule has 0 amide bonds. The minimum absolute atomic E-state index is 0.0935. The van der Waals surface area contributed by atoms with Gasteiger partial charge in [-0.15, -0.1) is 0 Å². The van der Waals surface area contributed by atoms with E-state index in [4.69, 9.17) is 19.9 Å². The molecule has 4 nitrogen and oxygen atoms in total. The third-order valence-corrected chi connectivity index (χ3v) is 2.53. The number of nitrogens with two attached hydrogens (primary N) is 1. The lowest BCUT2D eigenvalue weighted by molar-refractivity contribution is 0.208. The van der Waals surface area contributed by atoms with Crippen LogP contribution in [0.2, 0.25) is 0 Å². The molecule has 0 fully saturated rings. The Morgan fingerprint density at radius 1 is 1.25 bits per heavy atom. The smallest absolute Gasteiger partial charge is 0.203 e. The molecular weight excluding hydrogens is 274 g/mol. The second-order valence-electron chi connectivity index (χ2n) is 3.30. The van der Waals surface area contributed by atoms with E-state index in [0.717, 1.165) is 4.47 Å². The molecule has 0 saturated carbocycles. The number of rotatable bonds is 5. The van der Waals surface area contributed by atoms with E-state index in [-0.39, 0.29) is 6.10 Å². The Morgan fingerprint density at radius 3 is 2.12 bits per heavy atom. The Labute approximate surface area is 104 Å². The van der Waals surface area contributed by atoms with Crippen LogP contribution in [-0.4, -0.2) is 26.9 Å². The van der Waals surface area contributed by atoms with Crippen molar-refractivity contribution in [2.45, 2.75) is 13.0 Å². The molecule has 1 aromatic rings. The largest absolute Gasteiger partial charge is 0.493 e. The molecule has 0 heterocycles. The number of halogens is 1. The van der Waals surface area contributed by atoms with Gasteiger partial charge in [0, 0.05) is 11.0 Å². The maximum Gasteiger partial charge on any atom is 0.203 e. The Kier molecular flexibility index (Phi) is 4.89. The highest BCUT2D eigenvalue weighted by Crippen LogP contribution is 2.40. The number of ether oxygens (including phenoxy) is 3. The second-order valence-corrected chi connectivity index (χ2v) is 4.22. The molecule has 2 N–H and O–H groups in total. The van der Waals surface area contributed by atoms with Crippen LogP contribution in [0.1, 0.15) is 6.92 Å². The van der Waals surface area contributed by atoms with Crippen LogP contribution in [0.25, 0.3) is 0 Å². The summed E-state index contributed by atoms with van der Waals surface area (Å²) in [6.07, 6.45) is -0.0935. The van der Waals surface area contributed by atoms with Crippen molar-refractivity contribution in [3.8, 4) is 17.2 Å². The number of hydrogen-bond acceptors (Lipinski definition) is 4. The molecule has 1 atom stereocenters. The Hall–Kier alpha value is -0.940. The van der Waals surface area contributed by atoms with E-state index in [1.165, 1.54) is 0 Å². The van der Waals surface area contributed by atoms with Crippen LogP contribution < -0.4 is 19.9 Å². The van der Waals surface area contributed by atoms with Gasteiger partial charge in [-0.1, -0.05) is 15.9 Å². The molecule has 16 heavy (non-hydrogen) atoms. The molecule has 0 aliphatic carbocycles. The van der Waals surface area contributed by atoms with Gasteiger partial charge in [0.05, 0.1) is 14.2 Å². The van der Waals surface area contributed by atoms with E-state index in [1.807, 2.05) is 19.1 Å². The lowest BCUT2D eigenvalue weighted by Gasteiger charge is -2.18. The summed E-state index contributed by atoms with van der Waals surface area (Å²) in [7, 11) is 3.17. The van der Waals surface area contributed by atoms with E-state index in [2.05, 4.69) is 15.9 Å². The van der Waals surface area contributed by atoms with Gasteiger partial charge in [0.15, 0.2) is 11.5 Å². The maximum absolute atomic E-state index is 5.67. The van der Waals surface area contributed by atoms with Crippen LogP contribution >= 0.6 is 15.9 Å². The maximum atomic E-state index is 5.67. The van der Waals surface area contributed by atoms with Crippen molar-refractivity contribution in [3.63, 3.8) is 0 Å². The highest BCUT2D eigenvalue weighted by molar-refractivity contribution is 9.10. The summed E-state index contributed by atoms with van der Waals surface area (Å²) < 4.78 is 17.0. The molecule has 0 spiro atoms. The minimum Gasteiger partial charge on any atom is -0.493 e. The van der Waals surface area contributed by atoms with Crippen molar-refractivity contribution in [2.24, 2.45) is 5.73 Å². The summed E-state index contributed by atoms with van der Waals surface area (Å²) >= 11 is 3.37. The molecule has 1 aromatic carbocycles. The van der Waals surface area contributed by atoms with E-state index < -0.39 is 0 Å². The fraction of sp³-hybridized carbons (Fsp3) is 0.455. The van der Waals surface area contributed by atoms with Crippen LogP contribution in [0.5, 0.6) is 17.2 Å². The van der Waals surface area contributed by atoms with Gasteiger partial charge in [-0.2, -0.15) is 0 Å². The van der Waals surface area contributed by atoms with Crippen molar-refractivity contribution >= 4 is 15.9 Å². The zero-order valence-corrected chi connectivity index (χ0v) is 11.2. The molecule has 0 aromatic heterocycles. The van der Waals surface area contributed by atoms with Gasteiger partial charge in [0.2, 0.25) is 5.75 Å². The first-order valence-corrected chi connectivity index (χ1v) is 5.70. The molecule has 0 aliphatic rings. The number of methoxy groups -OCH3 is 2. The standard InChI is InChI=1S/C11H16BrNO3/c1-7(6-13)16-11-9(14-2)4-8(12)5-10(11)15-3/h4-5,7H,6,13H2,1-3H3. The van der Waals surface area contributed by atoms with E-state index >= 15 is 0 Å². The highest BCUT2D eigenvalue weighted by Gasteiger charge is 2.15. The molecule has 0 aliphatic heterocycles. The molecule has 1 unspecified atom stereocenters. The quantitative estimate of drug-likeness (QED) is 0.903. The molecular formula is C11H16BrNO3. The summed E-state index contributed by atoms with van der Waals surface area (Å²) in [5.74, 6) is 1.81. The van der Waals surface area contributed by atoms with Gasteiger partial charge in [0.25, 0.3) is 0 Å². The molecule has 90 valence electrons. The van der Waals surface area contributed by atoms with Gasteiger partial charge < -0.3 is 19.9 Å². The van der Waals surface area contributed by atoms with Crippen molar-refractivity contribution in [1.82, 2.24) is 0 Å². The molecule has 0 saturated heterocycles. The number of hydrogen-bond donors (Lipinski definition) is 1. The molecule has 0 bridgehead atoms. The average Bonchev–Trinajstić information content (AvgIpc) is 2.30. The minimum atomic E-state index is -0.0935. The predicted octanol–water partition coefficient (Wildman–Crippen LogP) is 2.19. The Morgan fingerprint density at radius 2 is 1.75 bits per heavy atom. The predicted molar refractivity (Wildman–Crippen MR) is 66.4 cm³/mol. The Bertz CT molecular complexity index is 332. The van der Waals surface area contributed by atoms with Crippen LogP contribution in [0.3, 0.4) is 0 Å². The average molecular weight is 290 g/mol. The summed E-state index contributed by atoms with van der Waals surface area (Å²) in [5.41, 5.74) is 5.52. The molecule has 5 heteroatoms. The molecule has 0 radical (unpaired) electrons. The van der Waals surface area contributed by atoms with Gasteiger partial charge >= 0.3 is 0 Å². The zero-order valence-electron chi connectivity index (χ0n) is 9.62. The summed E-state index contributed by atoms with van der Waals surface area (Å²) in [6.45, 7) is 2.32. The third kappa shape index (κ3) is 3.02. The SMILES string of the molecule is COc1cc(Br)cc(OC)c1OC(C)CN. The summed E-state index contributed by atoms with van der Waals surface area (Å²) in [5, 5.41) is 0. The van der Waals surface area contributed by atoms with Crippen molar-refractivity contribution < 1.29 is 14.2 Å². The lowest BCUT2D eigenvalue weighted by atomic mass is 10.3. The fourth-order valence-corrected chi connectivity index (χ4v) is 1.63. The van der Waals surface area contributed by atoms with Crippen LogP contribution in [0.15, 0.2) is 16.6 Å². The first-order valence-electron chi connectivity index (χ1n) is 4.90. The van der Waals surface area contributed by atoms with Crippen LogP contribution in [-0.2, 0) is 0 Å². The lowest BCUT2D eigenvalue weighted by Crippen LogP contribution is -2.23. The highest BCUT2D eigenvalue weighted by atomic mass is 79.9. The van der Waals surface area contributed by atoms with E-state index in [9.17, 15) is 0 Å². The van der Waals surface area contributed by atoms with Crippen LogP contribution in [0.4, 0.5) is 0 Å². The fourth-order valence-electron chi connectivity index (χ4n) is 1.21. The summed E-state index contributed by atoms with van der Waals surface area (Å²) in [6, 6.07) is 3.64. The van der Waals surface area contributed by atoms with Gasteiger partial charge in [-0.3, -0.25) is 0 Å². The van der Waals surface area contributed by atoms with Gasteiger partial charge in [0.1, 0.15) is 6.10 Å². The van der Waals surface area contributed by atoms with E-state index in [0.29, 0.717) is 23.8 Å². The van der Waals surface area contributed by atoms with Crippen molar-refractivity contribution in [3.05, 3.63) is 16.6 Å². The first-order chi connectivity index (χ1) is 7.62. The van der Waals surface area contributed by atoms with Crippen molar-refractivity contribution in [1.29, 1.82) is 0 Å². The normalized spacial score (nSPS) is 12.1. The monoisotopic (exact) mass is 289 g/mol.